The molecule has 38 heavy (non-hydrogen) atoms. The molecule has 0 spiro atoms. The van der Waals surface area contributed by atoms with Crippen LogP contribution in [-0.2, 0) is 17.9 Å². The first-order valence-electron chi connectivity index (χ1n) is 12.0. The van der Waals surface area contributed by atoms with Crippen molar-refractivity contribution in [2.24, 2.45) is 4.99 Å². The number of amides is 1. The molecular formula is C31H24I2N2O2S. The summed E-state index contributed by atoms with van der Waals surface area (Å²) >= 11 is 6.02. The van der Waals surface area contributed by atoms with Gasteiger partial charge in [0, 0.05) is 0 Å². The van der Waals surface area contributed by atoms with E-state index in [0.29, 0.717) is 23.2 Å². The van der Waals surface area contributed by atoms with E-state index in [1.165, 1.54) is 17.3 Å². The number of hydrogen-bond acceptors (Lipinski definition) is 4. The Hall–Kier alpha value is -2.63. The molecule has 1 aliphatic rings. The topological polar surface area (TPSA) is 41.9 Å². The molecule has 4 aromatic carbocycles. The first-order chi connectivity index (χ1) is 18.5. The minimum Gasteiger partial charge on any atom is -0.487 e. The third-order valence-electron chi connectivity index (χ3n) is 5.87. The summed E-state index contributed by atoms with van der Waals surface area (Å²) < 4.78 is 8.14. The van der Waals surface area contributed by atoms with Gasteiger partial charge in [-0.25, -0.2) is 4.99 Å². The lowest BCUT2D eigenvalue weighted by Crippen LogP contribution is -2.28. The van der Waals surface area contributed by atoms with Crippen LogP contribution in [0.5, 0.6) is 5.75 Å². The lowest BCUT2D eigenvalue weighted by Gasteiger charge is -2.15. The van der Waals surface area contributed by atoms with Gasteiger partial charge in [0.2, 0.25) is 0 Å². The number of thioether (sulfide) groups is 1. The summed E-state index contributed by atoms with van der Waals surface area (Å²) in [6.45, 7) is 3.03. The molecule has 4 aromatic rings. The summed E-state index contributed by atoms with van der Waals surface area (Å²) in [5.74, 6) is 0.814. The van der Waals surface area contributed by atoms with Gasteiger partial charge in [-0.2, -0.15) is 0 Å². The highest BCUT2D eigenvalue weighted by atomic mass is 127. The monoisotopic (exact) mass is 742 g/mol. The molecule has 4 nitrogen and oxygen atoms in total. The quantitative estimate of drug-likeness (QED) is 0.141. The summed E-state index contributed by atoms with van der Waals surface area (Å²) in [4.78, 5) is 20.8. The minimum atomic E-state index is -0.0425. The predicted molar refractivity (Wildman–Crippen MR) is 173 cm³/mol. The summed E-state index contributed by atoms with van der Waals surface area (Å²) in [6.07, 6.45) is 1.95. The van der Waals surface area contributed by atoms with Crippen LogP contribution in [0.2, 0.25) is 0 Å². The van der Waals surface area contributed by atoms with Gasteiger partial charge in [0.05, 0.1) is 24.3 Å². The summed E-state index contributed by atoms with van der Waals surface area (Å²) in [6, 6.07) is 32.3. The minimum absolute atomic E-state index is 0.0425. The van der Waals surface area contributed by atoms with Gasteiger partial charge in [-0.3, -0.25) is 9.69 Å². The Balaban J connectivity index is 1.42. The van der Waals surface area contributed by atoms with Crippen molar-refractivity contribution in [3.8, 4) is 5.75 Å². The Bertz CT molecular complexity index is 1480. The van der Waals surface area contributed by atoms with E-state index in [9.17, 15) is 4.79 Å². The number of ether oxygens (including phenoxy) is 1. The van der Waals surface area contributed by atoms with E-state index >= 15 is 0 Å². The smallest absolute Gasteiger partial charge is 0.267 e. The second kappa shape index (κ2) is 12.5. The standard InChI is InChI=1S/C31H24I2N2O2S/c1-21-12-14-25(15-13-21)34-31-35(19-22-8-4-2-5-9-22)30(36)28(38-31)18-24-16-26(32)29(27(33)17-24)37-20-23-10-6-3-7-11-23/h2-18H,19-20H2,1H3/b28-18+,34-31?. The highest BCUT2D eigenvalue weighted by molar-refractivity contribution is 14.1. The van der Waals surface area contributed by atoms with Crippen molar-refractivity contribution in [1.82, 2.24) is 4.90 Å². The predicted octanol–water partition coefficient (Wildman–Crippen LogP) is 8.59. The highest BCUT2D eigenvalue weighted by Crippen LogP contribution is 2.37. The number of halogens is 2. The fraction of sp³-hybridized carbons (Fsp3) is 0.0968. The van der Waals surface area contributed by atoms with E-state index in [0.717, 1.165) is 35.3 Å². The maximum Gasteiger partial charge on any atom is 0.267 e. The molecular weight excluding hydrogens is 718 g/mol. The fourth-order valence-corrected chi connectivity index (χ4v) is 7.03. The molecule has 0 unspecified atom stereocenters. The molecule has 0 aliphatic carbocycles. The van der Waals surface area contributed by atoms with Crippen molar-refractivity contribution in [2.45, 2.75) is 20.1 Å². The van der Waals surface area contributed by atoms with Gasteiger partial charge in [0.1, 0.15) is 12.4 Å². The zero-order chi connectivity index (χ0) is 26.5. The second-order valence-corrected chi connectivity index (χ2v) is 12.1. The Labute approximate surface area is 254 Å². The number of amidine groups is 1. The van der Waals surface area contributed by atoms with Crippen LogP contribution in [0.25, 0.3) is 6.08 Å². The van der Waals surface area contributed by atoms with Crippen molar-refractivity contribution in [3.05, 3.63) is 131 Å². The van der Waals surface area contributed by atoms with Crippen LogP contribution in [0.4, 0.5) is 5.69 Å². The molecule has 1 saturated heterocycles. The van der Waals surface area contributed by atoms with Crippen molar-refractivity contribution in [3.63, 3.8) is 0 Å². The first kappa shape index (κ1) is 27.0. The maximum atomic E-state index is 13.6. The molecule has 0 saturated carbocycles. The Morgan fingerprint density at radius 3 is 2.11 bits per heavy atom. The molecule has 1 amide bonds. The van der Waals surface area contributed by atoms with Gasteiger partial charge >= 0.3 is 0 Å². The van der Waals surface area contributed by atoms with Crippen LogP contribution in [0.15, 0.2) is 107 Å². The second-order valence-electron chi connectivity index (χ2n) is 8.81. The molecule has 1 fully saturated rings. The highest BCUT2D eigenvalue weighted by Gasteiger charge is 2.33. The molecule has 0 N–H and O–H groups in total. The van der Waals surface area contributed by atoms with E-state index in [2.05, 4.69) is 69.4 Å². The van der Waals surface area contributed by atoms with Crippen LogP contribution in [0.3, 0.4) is 0 Å². The van der Waals surface area contributed by atoms with Crippen LogP contribution in [-0.4, -0.2) is 16.0 Å². The molecule has 5 rings (SSSR count). The van der Waals surface area contributed by atoms with Gasteiger partial charge in [-0.1, -0.05) is 78.4 Å². The number of hydrogen-bond donors (Lipinski definition) is 0. The van der Waals surface area contributed by atoms with Crippen molar-refractivity contribution >= 4 is 79.8 Å². The number of benzene rings is 4. The lowest BCUT2D eigenvalue weighted by molar-refractivity contribution is -0.122. The molecule has 0 atom stereocenters. The average molecular weight is 742 g/mol. The number of carbonyl (C=O) groups is 1. The molecule has 7 heteroatoms. The molecule has 1 aliphatic heterocycles. The van der Waals surface area contributed by atoms with Gasteiger partial charge < -0.3 is 4.74 Å². The largest absolute Gasteiger partial charge is 0.487 e. The van der Waals surface area contributed by atoms with Gasteiger partial charge in [0.25, 0.3) is 5.91 Å². The number of aliphatic imine (C=N–C) groups is 1. The third-order valence-corrected chi connectivity index (χ3v) is 8.48. The molecule has 0 radical (unpaired) electrons. The van der Waals surface area contributed by atoms with Crippen molar-refractivity contribution in [2.75, 3.05) is 0 Å². The average Bonchev–Trinajstić information content (AvgIpc) is 3.19. The molecule has 1 heterocycles. The van der Waals surface area contributed by atoms with E-state index in [4.69, 9.17) is 9.73 Å². The normalized spacial score (nSPS) is 15.4. The Morgan fingerprint density at radius 1 is 0.868 bits per heavy atom. The lowest BCUT2D eigenvalue weighted by atomic mass is 10.2. The van der Waals surface area contributed by atoms with Crippen LogP contribution >= 0.6 is 56.9 Å². The molecule has 0 aromatic heterocycles. The van der Waals surface area contributed by atoms with E-state index in [-0.39, 0.29) is 5.91 Å². The fourth-order valence-electron chi connectivity index (χ4n) is 3.91. The van der Waals surface area contributed by atoms with Crippen LogP contribution in [0, 0.1) is 14.1 Å². The maximum absolute atomic E-state index is 13.6. The van der Waals surface area contributed by atoms with Gasteiger partial charge in [-0.05, 0) is 111 Å². The van der Waals surface area contributed by atoms with Gasteiger partial charge in [0.15, 0.2) is 5.17 Å². The number of aryl methyl sites for hydroxylation is 1. The van der Waals surface area contributed by atoms with Crippen molar-refractivity contribution < 1.29 is 9.53 Å². The number of carbonyl (C=O) groups excluding carboxylic acids is 1. The first-order valence-corrected chi connectivity index (χ1v) is 15.0. The van der Waals surface area contributed by atoms with Crippen LogP contribution in [0.1, 0.15) is 22.3 Å². The Morgan fingerprint density at radius 2 is 1.47 bits per heavy atom. The molecule has 190 valence electrons. The summed E-state index contributed by atoms with van der Waals surface area (Å²) in [5.41, 5.74) is 5.14. The van der Waals surface area contributed by atoms with E-state index in [1.807, 2.05) is 85.8 Å². The van der Waals surface area contributed by atoms with Crippen molar-refractivity contribution in [1.29, 1.82) is 0 Å². The van der Waals surface area contributed by atoms with Gasteiger partial charge in [-0.15, -0.1) is 0 Å². The van der Waals surface area contributed by atoms with Crippen LogP contribution < -0.4 is 4.74 Å². The van der Waals surface area contributed by atoms with E-state index in [1.54, 1.807) is 4.90 Å². The number of nitrogens with zero attached hydrogens (tertiary/aromatic N) is 2. The zero-order valence-corrected chi connectivity index (χ0v) is 25.7. The zero-order valence-electron chi connectivity index (χ0n) is 20.6. The molecule has 0 bridgehead atoms. The summed E-state index contributed by atoms with van der Waals surface area (Å²) in [5, 5.41) is 0.682. The SMILES string of the molecule is Cc1ccc(N=C2S/C(=C/c3cc(I)c(OCc4ccccc4)c(I)c3)C(=O)N2Cc2ccccc2)cc1. The summed E-state index contributed by atoms with van der Waals surface area (Å²) in [7, 11) is 0. The third kappa shape index (κ3) is 6.68. The Kier molecular flexibility index (Phi) is 8.86. The van der Waals surface area contributed by atoms with E-state index < -0.39 is 0 Å². The number of rotatable bonds is 7.